The molecular formula is C16H12F2OS. The zero-order valence-electron chi connectivity index (χ0n) is 10.6. The number of hydrogen-bond acceptors (Lipinski definition) is 2. The van der Waals surface area contributed by atoms with Crippen LogP contribution in [0.4, 0.5) is 8.78 Å². The molecule has 0 bridgehead atoms. The molecular weight excluding hydrogens is 278 g/mol. The Morgan fingerprint density at radius 1 is 1.05 bits per heavy atom. The highest BCUT2D eigenvalue weighted by atomic mass is 32.1. The minimum absolute atomic E-state index is 0.194. The monoisotopic (exact) mass is 290 g/mol. The van der Waals surface area contributed by atoms with Gasteiger partial charge in [-0.2, -0.15) is 0 Å². The van der Waals surface area contributed by atoms with E-state index in [2.05, 4.69) is 0 Å². The lowest BCUT2D eigenvalue weighted by Gasteiger charge is -2.03. The molecule has 0 aliphatic rings. The van der Waals surface area contributed by atoms with Crippen LogP contribution in [0.2, 0.25) is 0 Å². The van der Waals surface area contributed by atoms with Gasteiger partial charge in [-0.05, 0) is 35.7 Å². The first kappa shape index (κ1) is 14.5. The van der Waals surface area contributed by atoms with Gasteiger partial charge in [0.25, 0.3) is 0 Å². The quantitative estimate of drug-likeness (QED) is 0.608. The van der Waals surface area contributed by atoms with Crippen molar-refractivity contribution in [3.8, 4) is 0 Å². The van der Waals surface area contributed by atoms with Gasteiger partial charge in [0.1, 0.15) is 0 Å². The molecule has 0 aromatic heterocycles. The number of hydrogen-bond donors (Lipinski definition) is 0. The maximum atomic E-state index is 13.0. The summed E-state index contributed by atoms with van der Waals surface area (Å²) < 4.78 is 25.8. The van der Waals surface area contributed by atoms with Crippen molar-refractivity contribution in [1.29, 1.82) is 0 Å². The van der Waals surface area contributed by atoms with Crippen LogP contribution in [-0.4, -0.2) is 11.2 Å². The molecule has 0 aliphatic heterocycles. The average Bonchev–Trinajstić information content (AvgIpc) is 2.48. The van der Waals surface area contributed by atoms with Crippen molar-refractivity contribution in [1.82, 2.24) is 0 Å². The van der Waals surface area contributed by atoms with E-state index in [-0.39, 0.29) is 17.8 Å². The molecule has 0 amide bonds. The van der Waals surface area contributed by atoms with Crippen molar-refractivity contribution in [3.63, 3.8) is 0 Å². The van der Waals surface area contributed by atoms with Crippen LogP contribution < -0.4 is 0 Å². The van der Waals surface area contributed by atoms with Gasteiger partial charge in [-0.1, -0.05) is 36.5 Å². The number of thiocarbonyl (C=S) groups is 1. The van der Waals surface area contributed by atoms with E-state index in [1.54, 1.807) is 5.37 Å². The zero-order chi connectivity index (χ0) is 14.5. The van der Waals surface area contributed by atoms with Gasteiger partial charge in [0.05, 0.1) is 0 Å². The predicted molar refractivity (Wildman–Crippen MR) is 78.2 cm³/mol. The van der Waals surface area contributed by atoms with Crippen LogP contribution in [-0.2, 0) is 6.42 Å². The number of ketones is 1. The summed E-state index contributed by atoms with van der Waals surface area (Å²) in [5, 5.41) is 1.58. The van der Waals surface area contributed by atoms with Crippen LogP contribution >= 0.6 is 12.2 Å². The van der Waals surface area contributed by atoms with E-state index < -0.39 is 11.6 Å². The summed E-state index contributed by atoms with van der Waals surface area (Å²) in [5.74, 6) is -2.15. The van der Waals surface area contributed by atoms with E-state index in [9.17, 15) is 13.6 Å². The van der Waals surface area contributed by atoms with E-state index in [1.807, 2.05) is 24.3 Å². The molecule has 2 rings (SSSR count). The first-order chi connectivity index (χ1) is 9.60. The highest BCUT2D eigenvalue weighted by Gasteiger charge is 2.09. The third kappa shape index (κ3) is 3.54. The fraction of sp³-hybridized carbons (Fsp3) is 0.125. The van der Waals surface area contributed by atoms with E-state index in [0.29, 0.717) is 6.42 Å². The molecule has 0 aliphatic carbocycles. The molecule has 0 heterocycles. The smallest absolute Gasteiger partial charge is 0.163 e. The van der Waals surface area contributed by atoms with Gasteiger partial charge in [0.15, 0.2) is 17.4 Å². The molecule has 0 saturated carbocycles. The Morgan fingerprint density at radius 2 is 1.75 bits per heavy atom. The summed E-state index contributed by atoms with van der Waals surface area (Å²) in [7, 11) is 0. The van der Waals surface area contributed by atoms with Crippen molar-refractivity contribution in [3.05, 3.63) is 70.8 Å². The number of halogens is 2. The van der Waals surface area contributed by atoms with Gasteiger partial charge in [-0.3, -0.25) is 4.79 Å². The van der Waals surface area contributed by atoms with E-state index in [4.69, 9.17) is 12.2 Å². The number of benzene rings is 2. The lowest BCUT2D eigenvalue weighted by atomic mass is 10.0. The van der Waals surface area contributed by atoms with Crippen LogP contribution in [0.3, 0.4) is 0 Å². The van der Waals surface area contributed by atoms with Crippen molar-refractivity contribution < 1.29 is 13.6 Å². The number of carbonyl (C=O) groups excluding carboxylic acids is 1. The molecule has 1 nitrogen and oxygen atoms in total. The number of aryl methyl sites for hydroxylation is 1. The maximum absolute atomic E-state index is 13.0. The van der Waals surface area contributed by atoms with Gasteiger partial charge < -0.3 is 0 Å². The normalized spacial score (nSPS) is 10.3. The zero-order valence-corrected chi connectivity index (χ0v) is 11.4. The number of carbonyl (C=O) groups is 1. The topological polar surface area (TPSA) is 17.1 Å². The fourth-order valence-corrected chi connectivity index (χ4v) is 1.99. The van der Waals surface area contributed by atoms with Gasteiger partial charge >= 0.3 is 0 Å². The van der Waals surface area contributed by atoms with Crippen molar-refractivity contribution in [2.24, 2.45) is 0 Å². The summed E-state index contributed by atoms with van der Waals surface area (Å²) in [4.78, 5) is 11.9. The van der Waals surface area contributed by atoms with E-state index >= 15 is 0 Å². The Labute approximate surface area is 121 Å². The van der Waals surface area contributed by atoms with Crippen molar-refractivity contribution >= 4 is 23.4 Å². The summed E-state index contributed by atoms with van der Waals surface area (Å²) in [5.41, 5.74) is 2.14. The van der Waals surface area contributed by atoms with Crippen LogP contribution in [0, 0.1) is 11.6 Å². The third-order valence-electron chi connectivity index (χ3n) is 3.00. The number of rotatable bonds is 5. The maximum Gasteiger partial charge on any atom is 0.163 e. The summed E-state index contributed by atoms with van der Waals surface area (Å²) in [6.45, 7) is 0. The Morgan fingerprint density at radius 3 is 2.35 bits per heavy atom. The molecule has 102 valence electrons. The lowest BCUT2D eigenvalue weighted by Crippen LogP contribution is -2.02. The summed E-state index contributed by atoms with van der Waals surface area (Å²) in [6, 6.07) is 10.8. The third-order valence-corrected chi connectivity index (χ3v) is 3.27. The van der Waals surface area contributed by atoms with E-state index in [1.165, 1.54) is 6.07 Å². The van der Waals surface area contributed by atoms with Crippen LogP contribution in [0.15, 0.2) is 42.5 Å². The van der Waals surface area contributed by atoms with Gasteiger partial charge in [0.2, 0.25) is 0 Å². The molecule has 0 spiro atoms. The Balaban J connectivity index is 2.00. The van der Waals surface area contributed by atoms with Crippen molar-refractivity contribution in [2.75, 3.05) is 0 Å². The van der Waals surface area contributed by atoms with Crippen LogP contribution in [0.25, 0.3) is 0 Å². The second-order valence-corrected chi connectivity index (χ2v) is 4.65. The minimum Gasteiger partial charge on any atom is -0.294 e. The summed E-state index contributed by atoms with van der Waals surface area (Å²) >= 11 is 4.81. The molecule has 0 atom stereocenters. The van der Waals surface area contributed by atoms with E-state index in [0.717, 1.165) is 23.3 Å². The Kier molecular flexibility index (Phi) is 4.69. The van der Waals surface area contributed by atoms with Gasteiger partial charge in [0, 0.05) is 17.4 Å². The first-order valence-corrected chi connectivity index (χ1v) is 6.59. The number of Topliss-reactive ketones (excluding diaryl/α,β-unsaturated/α-hetero) is 1. The Hall–Kier alpha value is -1.94. The SMILES string of the molecule is O=C(CCc1ccc(C=S)cc1)c1ccc(F)c(F)c1. The average molecular weight is 290 g/mol. The molecule has 4 heteroatoms. The molecule has 0 N–H and O–H groups in total. The van der Waals surface area contributed by atoms with Crippen LogP contribution in [0.1, 0.15) is 27.9 Å². The summed E-state index contributed by atoms with van der Waals surface area (Å²) in [6.07, 6.45) is 0.803. The lowest BCUT2D eigenvalue weighted by molar-refractivity contribution is 0.0982. The molecule has 0 radical (unpaired) electrons. The fourth-order valence-electron chi connectivity index (χ4n) is 1.83. The molecule has 0 fully saturated rings. The highest BCUT2D eigenvalue weighted by Crippen LogP contribution is 2.13. The second kappa shape index (κ2) is 6.48. The largest absolute Gasteiger partial charge is 0.294 e. The Bertz CT molecular complexity index is 635. The first-order valence-electron chi connectivity index (χ1n) is 6.12. The molecule has 2 aromatic carbocycles. The van der Waals surface area contributed by atoms with Crippen LogP contribution in [0.5, 0.6) is 0 Å². The molecule has 20 heavy (non-hydrogen) atoms. The standard InChI is InChI=1S/C16H12F2OS/c17-14-7-6-13(9-15(14)18)16(19)8-5-11-1-3-12(10-20)4-2-11/h1-4,6-7,9-10H,5,8H2. The van der Waals surface area contributed by atoms with Gasteiger partial charge in [-0.15, -0.1) is 0 Å². The minimum atomic E-state index is -0.999. The molecule has 2 aromatic rings. The van der Waals surface area contributed by atoms with Gasteiger partial charge in [-0.25, -0.2) is 8.78 Å². The predicted octanol–water partition coefficient (Wildman–Crippen LogP) is 4.13. The second-order valence-electron chi connectivity index (χ2n) is 4.41. The highest BCUT2D eigenvalue weighted by molar-refractivity contribution is 7.79. The molecule has 0 unspecified atom stereocenters. The molecule has 0 saturated heterocycles. The van der Waals surface area contributed by atoms with Crippen molar-refractivity contribution in [2.45, 2.75) is 12.8 Å².